The first-order chi connectivity index (χ1) is 9.99. The SMILES string of the molecule is CCCN(CC(=O)N1CCN(C(=O)OCC)CC1)C(C)=O. The summed E-state index contributed by atoms with van der Waals surface area (Å²) in [6.45, 7) is 8.17. The standard InChI is InChI=1S/C14H25N3O4/c1-4-6-17(12(3)18)11-13(19)15-7-9-16(10-8-15)14(20)21-5-2/h4-11H2,1-3H3. The minimum atomic E-state index is -0.332. The van der Waals surface area contributed by atoms with E-state index in [1.165, 1.54) is 6.92 Å². The van der Waals surface area contributed by atoms with Crippen molar-refractivity contribution in [1.82, 2.24) is 14.7 Å². The molecule has 1 fully saturated rings. The van der Waals surface area contributed by atoms with Gasteiger partial charge in [-0.1, -0.05) is 6.92 Å². The molecule has 1 aliphatic heterocycles. The molecule has 0 bridgehead atoms. The average molecular weight is 299 g/mol. The molecular formula is C14H25N3O4. The van der Waals surface area contributed by atoms with Gasteiger partial charge in [0.15, 0.2) is 0 Å². The van der Waals surface area contributed by atoms with Crippen molar-refractivity contribution >= 4 is 17.9 Å². The molecule has 0 aromatic carbocycles. The van der Waals surface area contributed by atoms with Gasteiger partial charge in [-0.3, -0.25) is 9.59 Å². The van der Waals surface area contributed by atoms with Gasteiger partial charge in [0.05, 0.1) is 13.2 Å². The summed E-state index contributed by atoms with van der Waals surface area (Å²) in [6, 6.07) is 0. The van der Waals surface area contributed by atoms with Gasteiger partial charge >= 0.3 is 6.09 Å². The van der Waals surface area contributed by atoms with Crippen LogP contribution in [0, 0.1) is 0 Å². The fraction of sp³-hybridized carbons (Fsp3) is 0.786. The molecule has 0 unspecified atom stereocenters. The van der Waals surface area contributed by atoms with Gasteiger partial charge in [0.1, 0.15) is 0 Å². The minimum absolute atomic E-state index is 0.0674. The average Bonchev–Trinajstić information content (AvgIpc) is 2.47. The van der Waals surface area contributed by atoms with Gasteiger partial charge in [-0.15, -0.1) is 0 Å². The molecule has 0 N–H and O–H groups in total. The number of amides is 3. The number of carbonyl (C=O) groups is 3. The number of hydrogen-bond acceptors (Lipinski definition) is 4. The topological polar surface area (TPSA) is 70.2 Å². The molecule has 0 aliphatic carbocycles. The van der Waals surface area contributed by atoms with Gasteiger partial charge in [-0.2, -0.15) is 0 Å². The van der Waals surface area contributed by atoms with Crippen LogP contribution in [0.2, 0.25) is 0 Å². The highest BCUT2D eigenvalue weighted by atomic mass is 16.6. The lowest BCUT2D eigenvalue weighted by Crippen LogP contribution is -2.53. The molecule has 0 radical (unpaired) electrons. The van der Waals surface area contributed by atoms with Crippen LogP contribution in [0.3, 0.4) is 0 Å². The van der Waals surface area contributed by atoms with E-state index in [9.17, 15) is 14.4 Å². The van der Waals surface area contributed by atoms with E-state index in [2.05, 4.69) is 0 Å². The molecule has 7 heteroatoms. The Balaban J connectivity index is 2.44. The fourth-order valence-corrected chi connectivity index (χ4v) is 2.23. The highest BCUT2D eigenvalue weighted by Crippen LogP contribution is 2.05. The Bertz CT molecular complexity index is 378. The molecule has 21 heavy (non-hydrogen) atoms. The van der Waals surface area contributed by atoms with Crippen molar-refractivity contribution in [3.05, 3.63) is 0 Å². The second kappa shape index (κ2) is 8.49. The highest BCUT2D eigenvalue weighted by molar-refractivity contribution is 5.84. The van der Waals surface area contributed by atoms with Gasteiger partial charge in [-0.05, 0) is 13.3 Å². The summed E-state index contributed by atoms with van der Waals surface area (Å²) in [7, 11) is 0. The van der Waals surface area contributed by atoms with Crippen LogP contribution in [0.5, 0.6) is 0 Å². The first-order valence-corrected chi connectivity index (χ1v) is 7.44. The first kappa shape index (κ1) is 17.3. The summed E-state index contributed by atoms with van der Waals surface area (Å²) < 4.78 is 4.94. The molecular weight excluding hydrogens is 274 g/mol. The predicted molar refractivity (Wildman–Crippen MR) is 77.7 cm³/mol. The zero-order valence-corrected chi connectivity index (χ0v) is 13.1. The van der Waals surface area contributed by atoms with Crippen molar-refractivity contribution in [3.8, 4) is 0 Å². The third-order valence-electron chi connectivity index (χ3n) is 3.42. The maximum absolute atomic E-state index is 12.2. The summed E-state index contributed by atoms with van der Waals surface area (Å²) in [5.74, 6) is -0.155. The van der Waals surface area contributed by atoms with Crippen molar-refractivity contribution in [2.75, 3.05) is 45.9 Å². The van der Waals surface area contributed by atoms with Gasteiger partial charge in [-0.25, -0.2) is 4.79 Å². The number of rotatable bonds is 5. The summed E-state index contributed by atoms with van der Waals surface area (Å²) in [6.07, 6.45) is 0.490. The van der Waals surface area contributed by atoms with Crippen molar-refractivity contribution in [1.29, 1.82) is 0 Å². The van der Waals surface area contributed by atoms with Crippen LogP contribution in [-0.4, -0.2) is 78.5 Å². The molecule has 0 saturated carbocycles. The molecule has 1 saturated heterocycles. The normalized spacial score (nSPS) is 14.8. The van der Waals surface area contributed by atoms with Crippen molar-refractivity contribution in [2.24, 2.45) is 0 Å². The Hall–Kier alpha value is -1.79. The van der Waals surface area contributed by atoms with Gasteiger partial charge in [0.2, 0.25) is 11.8 Å². The Morgan fingerprint density at radius 3 is 2.10 bits per heavy atom. The molecule has 0 atom stereocenters. The van der Waals surface area contributed by atoms with Crippen LogP contribution in [0.25, 0.3) is 0 Å². The molecule has 0 aromatic rings. The Kier molecular flexibility index (Phi) is 6.98. The van der Waals surface area contributed by atoms with Gasteiger partial charge in [0.25, 0.3) is 0 Å². The van der Waals surface area contributed by atoms with E-state index in [1.807, 2.05) is 6.92 Å². The van der Waals surface area contributed by atoms with E-state index >= 15 is 0 Å². The van der Waals surface area contributed by atoms with Crippen molar-refractivity contribution in [3.63, 3.8) is 0 Å². The Morgan fingerprint density at radius 1 is 1.05 bits per heavy atom. The summed E-state index contributed by atoms with van der Waals surface area (Å²) in [5.41, 5.74) is 0. The lowest BCUT2D eigenvalue weighted by molar-refractivity contribution is -0.140. The Morgan fingerprint density at radius 2 is 1.62 bits per heavy atom. The molecule has 0 spiro atoms. The predicted octanol–water partition coefficient (Wildman–Crippen LogP) is 0.546. The van der Waals surface area contributed by atoms with Crippen LogP contribution in [0.4, 0.5) is 4.79 Å². The molecule has 1 heterocycles. The van der Waals surface area contributed by atoms with Crippen LogP contribution in [0.15, 0.2) is 0 Å². The van der Waals surface area contributed by atoms with E-state index in [0.29, 0.717) is 39.3 Å². The number of nitrogens with zero attached hydrogens (tertiary/aromatic N) is 3. The molecule has 3 amide bonds. The zero-order chi connectivity index (χ0) is 15.8. The van der Waals surface area contributed by atoms with E-state index in [0.717, 1.165) is 6.42 Å². The molecule has 1 rings (SSSR count). The highest BCUT2D eigenvalue weighted by Gasteiger charge is 2.26. The van der Waals surface area contributed by atoms with Crippen LogP contribution >= 0.6 is 0 Å². The molecule has 0 aromatic heterocycles. The van der Waals surface area contributed by atoms with Crippen LogP contribution in [-0.2, 0) is 14.3 Å². The number of hydrogen-bond donors (Lipinski definition) is 0. The van der Waals surface area contributed by atoms with E-state index in [-0.39, 0.29) is 24.5 Å². The fourth-order valence-electron chi connectivity index (χ4n) is 2.23. The Labute approximate surface area is 125 Å². The largest absolute Gasteiger partial charge is 0.450 e. The van der Waals surface area contributed by atoms with Crippen LogP contribution in [0.1, 0.15) is 27.2 Å². The zero-order valence-electron chi connectivity index (χ0n) is 13.1. The van der Waals surface area contributed by atoms with Gasteiger partial charge < -0.3 is 19.4 Å². The summed E-state index contributed by atoms with van der Waals surface area (Å²) >= 11 is 0. The number of piperazine rings is 1. The quantitative estimate of drug-likeness (QED) is 0.743. The van der Waals surface area contributed by atoms with E-state index in [1.54, 1.807) is 21.6 Å². The van der Waals surface area contributed by atoms with Crippen molar-refractivity contribution in [2.45, 2.75) is 27.2 Å². The second-order valence-corrected chi connectivity index (χ2v) is 5.01. The third-order valence-corrected chi connectivity index (χ3v) is 3.42. The lowest BCUT2D eigenvalue weighted by atomic mass is 10.3. The first-order valence-electron chi connectivity index (χ1n) is 7.44. The molecule has 120 valence electrons. The summed E-state index contributed by atoms with van der Waals surface area (Å²) in [4.78, 5) is 40.1. The lowest BCUT2D eigenvalue weighted by Gasteiger charge is -2.35. The second-order valence-electron chi connectivity index (χ2n) is 5.01. The minimum Gasteiger partial charge on any atom is -0.450 e. The van der Waals surface area contributed by atoms with E-state index in [4.69, 9.17) is 4.74 Å². The monoisotopic (exact) mass is 299 g/mol. The summed E-state index contributed by atoms with van der Waals surface area (Å²) in [5, 5.41) is 0. The maximum Gasteiger partial charge on any atom is 0.409 e. The number of carbonyl (C=O) groups excluding carboxylic acids is 3. The smallest absolute Gasteiger partial charge is 0.409 e. The number of ether oxygens (including phenoxy) is 1. The molecule has 1 aliphatic rings. The van der Waals surface area contributed by atoms with Gasteiger partial charge in [0, 0.05) is 39.6 Å². The van der Waals surface area contributed by atoms with E-state index < -0.39 is 0 Å². The third kappa shape index (κ3) is 5.24. The maximum atomic E-state index is 12.2. The van der Waals surface area contributed by atoms with Crippen molar-refractivity contribution < 1.29 is 19.1 Å². The molecule has 7 nitrogen and oxygen atoms in total. The van der Waals surface area contributed by atoms with Crippen LogP contribution < -0.4 is 0 Å².